The number of amides is 2. The molecule has 1 saturated carbocycles. The summed E-state index contributed by atoms with van der Waals surface area (Å²) in [5.41, 5.74) is 2.67. The van der Waals surface area contributed by atoms with Crippen molar-refractivity contribution >= 4 is 18.0 Å². The third-order valence-electron chi connectivity index (χ3n) is 6.90. The van der Waals surface area contributed by atoms with Crippen LogP contribution in [0.25, 0.3) is 11.1 Å². The highest BCUT2D eigenvalue weighted by molar-refractivity contribution is 5.92. The number of rotatable bonds is 6. The van der Waals surface area contributed by atoms with Crippen LogP contribution in [-0.4, -0.2) is 52.2 Å². The Hall–Kier alpha value is -3.35. The molecule has 0 aliphatic heterocycles. The van der Waals surface area contributed by atoms with E-state index in [1.54, 1.807) is 20.8 Å². The van der Waals surface area contributed by atoms with Crippen LogP contribution in [0.1, 0.15) is 63.5 Å². The highest BCUT2D eigenvalue weighted by Gasteiger charge is 2.48. The SMILES string of the molecule is CC(C)(C)N(CC(=O)O)C(=O)C1(NC(=O)OCC2c3ccccc3-c3ccccc32)CCCC1. The third-order valence-corrected chi connectivity index (χ3v) is 6.90. The van der Waals surface area contributed by atoms with E-state index in [4.69, 9.17) is 4.74 Å². The lowest BCUT2D eigenvalue weighted by molar-refractivity contribution is -0.152. The number of carbonyl (C=O) groups is 3. The first-order valence-electron chi connectivity index (χ1n) is 11.8. The fourth-order valence-corrected chi connectivity index (χ4v) is 5.21. The van der Waals surface area contributed by atoms with Crippen LogP contribution < -0.4 is 5.32 Å². The number of hydrogen-bond donors (Lipinski definition) is 2. The van der Waals surface area contributed by atoms with Crippen molar-refractivity contribution in [1.82, 2.24) is 10.2 Å². The van der Waals surface area contributed by atoms with E-state index in [1.165, 1.54) is 4.90 Å². The van der Waals surface area contributed by atoms with Crippen molar-refractivity contribution in [2.24, 2.45) is 0 Å². The number of nitrogens with zero attached hydrogens (tertiary/aromatic N) is 1. The maximum absolute atomic E-state index is 13.6. The molecule has 0 saturated heterocycles. The molecule has 4 rings (SSSR count). The number of carboxylic acids is 1. The Kier molecular flexibility index (Phi) is 6.39. The zero-order valence-corrected chi connectivity index (χ0v) is 20.0. The van der Waals surface area contributed by atoms with E-state index in [-0.39, 0.29) is 18.4 Å². The van der Waals surface area contributed by atoms with E-state index >= 15 is 0 Å². The monoisotopic (exact) mass is 464 g/mol. The lowest BCUT2D eigenvalue weighted by Crippen LogP contribution is -2.62. The number of fused-ring (bicyclic) bond motifs is 3. The van der Waals surface area contributed by atoms with E-state index in [9.17, 15) is 19.5 Å². The Morgan fingerprint density at radius 1 is 1.00 bits per heavy atom. The lowest BCUT2D eigenvalue weighted by Gasteiger charge is -2.41. The highest BCUT2D eigenvalue weighted by atomic mass is 16.5. The Bertz CT molecular complexity index is 1050. The molecule has 7 nitrogen and oxygen atoms in total. The van der Waals surface area contributed by atoms with Gasteiger partial charge in [0.05, 0.1) is 0 Å². The molecule has 0 radical (unpaired) electrons. The summed E-state index contributed by atoms with van der Waals surface area (Å²) in [6, 6.07) is 16.2. The Balaban J connectivity index is 1.50. The standard InChI is InChI=1S/C27H32N2O5/c1-26(2,3)29(16-23(30)31)24(32)27(14-8-9-15-27)28-25(33)34-17-22-20-12-6-4-10-18(20)19-11-5-7-13-21(19)22/h4-7,10-13,22H,8-9,14-17H2,1-3H3,(H,28,33)(H,30,31). The van der Waals surface area contributed by atoms with Crippen LogP contribution in [0.2, 0.25) is 0 Å². The van der Waals surface area contributed by atoms with Crippen LogP contribution in [0, 0.1) is 0 Å². The van der Waals surface area contributed by atoms with Gasteiger partial charge < -0.3 is 20.1 Å². The summed E-state index contributed by atoms with van der Waals surface area (Å²) in [5, 5.41) is 12.2. The number of carboxylic acid groups (broad SMARTS) is 1. The predicted molar refractivity (Wildman–Crippen MR) is 129 cm³/mol. The topological polar surface area (TPSA) is 95.9 Å². The van der Waals surface area contributed by atoms with Crippen molar-refractivity contribution in [3.63, 3.8) is 0 Å². The first-order chi connectivity index (χ1) is 16.1. The third kappa shape index (κ3) is 4.52. The smallest absolute Gasteiger partial charge is 0.408 e. The zero-order chi connectivity index (χ0) is 24.5. The molecule has 0 heterocycles. The first-order valence-corrected chi connectivity index (χ1v) is 11.8. The van der Waals surface area contributed by atoms with Gasteiger partial charge in [0.1, 0.15) is 18.7 Å². The molecular formula is C27H32N2O5. The van der Waals surface area contributed by atoms with Crippen LogP contribution in [0.4, 0.5) is 4.79 Å². The Labute approximate surface area is 200 Å². The van der Waals surface area contributed by atoms with Crippen molar-refractivity contribution < 1.29 is 24.2 Å². The fraction of sp³-hybridized carbons (Fsp3) is 0.444. The summed E-state index contributed by atoms with van der Waals surface area (Å²) >= 11 is 0. The molecule has 2 aliphatic carbocycles. The average Bonchev–Trinajstić information content (AvgIpc) is 3.38. The van der Waals surface area contributed by atoms with Crippen LogP contribution in [0.15, 0.2) is 48.5 Å². The molecule has 2 aromatic rings. The largest absolute Gasteiger partial charge is 0.480 e. The number of ether oxygens (including phenoxy) is 1. The Morgan fingerprint density at radius 3 is 2.03 bits per heavy atom. The van der Waals surface area contributed by atoms with E-state index in [0.717, 1.165) is 35.1 Å². The quantitative estimate of drug-likeness (QED) is 0.654. The van der Waals surface area contributed by atoms with Crippen LogP contribution >= 0.6 is 0 Å². The molecule has 180 valence electrons. The predicted octanol–water partition coefficient (Wildman–Crippen LogP) is 4.55. The van der Waals surface area contributed by atoms with Gasteiger partial charge >= 0.3 is 12.1 Å². The first kappa shape index (κ1) is 23.8. The Morgan fingerprint density at radius 2 is 1.53 bits per heavy atom. The van der Waals surface area contributed by atoms with Crippen LogP contribution in [-0.2, 0) is 14.3 Å². The summed E-state index contributed by atoms with van der Waals surface area (Å²) in [5.74, 6) is -1.53. The normalized spacial score (nSPS) is 16.4. The minimum absolute atomic E-state index is 0.0773. The van der Waals surface area contributed by atoms with Gasteiger partial charge in [-0.1, -0.05) is 61.4 Å². The second kappa shape index (κ2) is 9.12. The van der Waals surface area contributed by atoms with Gasteiger partial charge in [-0.05, 0) is 55.9 Å². The van der Waals surface area contributed by atoms with Gasteiger partial charge in [-0.25, -0.2) is 4.79 Å². The van der Waals surface area contributed by atoms with E-state index < -0.39 is 29.7 Å². The zero-order valence-electron chi connectivity index (χ0n) is 20.0. The molecule has 2 aliphatic rings. The van der Waals surface area contributed by atoms with Crippen molar-refractivity contribution in [2.75, 3.05) is 13.2 Å². The average molecular weight is 465 g/mol. The summed E-state index contributed by atoms with van der Waals surface area (Å²) in [4.78, 5) is 39.3. The summed E-state index contributed by atoms with van der Waals surface area (Å²) < 4.78 is 5.69. The van der Waals surface area contributed by atoms with E-state index in [2.05, 4.69) is 29.6 Å². The summed E-state index contributed by atoms with van der Waals surface area (Å²) in [7, 11) is 0. The van der Waals surface area contributed by atoms with Crippen LogP contribution in [0.3, 0.4) is 0 Å². The number of carbonyl (C=O) groups excluding carboxylic acids is 2. The van der Waals surface area contributed by atoms with Gasteiger partial charge in [-0.2, -0.15) is 0 Å². The molecule has 0 spiro atoms. The molecule has 2 N–H and O–H groups in total. The summed E-state index contributed by atoms with van der Waals surface area (Å²) in [6.07, 6.45) is 1.83. The molecule has 0 bridgehead atoms. The molecular weight excluding hydrogens is 432 g/mol. The highest BCUT2D eigenvalue weighted by Crippen LogP contribution is 2.44. The van der Waals surface area contributed by atoms with Crippen molar-refractivity contribution in [3.8, 4) is 11.1 Å². The number of hydrogen-bond acceptors (Lipinski definition) is 4. The molecule has 7 heteroatoms. The van der Waals surface area contributed by atoms with Gasteiger partial charge in [0.2, 0.25) is 5.91 Å². The molecule has 0 unspecified atom stereocenters. The number of nitrogens with one attached hydrogen (secondary N) is 1. The number of benzene rings is 2. The van der Waals surface area contributed by atoms with Gasteiger partial charge in [-0.15, -0.1) is 0 Å². The van der Waals surface area contributed by atoms with Crippen molar-refractivity contribution in [2.45, 2.75) is 63.5 Å². The fourth-order valence-electron chi connectivity index (χ4n) is 5.21. The molecule has 2 aromatic carbocycles. The second-order valence-electron chi connectivity index (χ2n) is 10.2. The van der Waals surface area contributed by atoms with Gasteiger partial charge in [0.25, 0.3) is 0 Å². The lowest BCUT2D eigenvalue weighted by atomic mass is 9.92. The van der Waals surface area contributed by atoms with Crippen molar-refractivity contribution in [3.05, 3.63) is 59.7 Å². The summed E-state index contributed by atoms with van der Waals surface area (Å²) in [6.45, 7) is 5.12. The van der Waals surface area contributed by atoms with Gasteiger partial charge in [-0.3, -0.25) is 9.59 Å². The molecule has 1 fully saturated rings. The van der Waals surface area contributed by atoms with E-state index in [1.807, 2.05) is 24.3 Å². The number of alkyl carbamates (subject to hydrolysis) is 1. The van der Waals surface area contributed by atoms with E-state index in [0.29, 0.717) is 12.8 Å². The molecule has 0 aromatic heterocycles. The van der Waals surface area contributed by atoms with Gasteiger partial charge in [0.15, 0.2) is 0 Å². The minimum atomic E-state index is -1.15. The molecule has 34 heavy (non-hydrogen) atoms. The minimum Gasteiger partial charge on any atom is -0.480 e. The van der Waals surface area contributed by atoms with Crippen molar-refractivity contribution in [1.29, 1.82) is 0 Å². The second-order valence-corrected chi connectivity index (χ2v) is 10.2. The number of aliphatic carboxylic acids is 1. The maximum atomic E-state index is 13.6. The maximum Gasteiger partial charge on any atom is 0.408 e. The molecule has 2 amide bonds. The van der Waals surface area contributed by atoms with Crippen LogP contribution in [0.5, 0.6) is 0 Å². The molecule has 0 atom stereocenters. The van der Waals surface area contributed by atoms with Gasteiger partial charge in [0, 0.05) is 11.5 Å².